The molecule has 1 spiro atoms. The minimum absolute atomic E-state index is 0.208. The summed E-state index contributed by atoms with van der Waals surface area (Å²) in [5.74, 6) is 1.24. The molecule has 2 aliphatic rings. The normalized spacial score (nSPS) is 22.1. The highest BCUT2D eigenvalue weighted by atomic mass is 16.2. The van der Waals surface area contributed by atoms with Gasteiger partial charge in [-0.3, -0.25) is 4.79 Å². The summed E-state index contributed by atoms with van der Waals surface area (Å²) in [6.45, 7) is 3.07. The van der Waals surface area contributed by atoms with Gasteiger partial charge in [-0.25, -0.2) is 4.98 Å². The number of hydrogen-bond acceptors (Lipinski definition) is 6. The van der Waals surface area contributed by atoms with Crippen LogP contribution in [0.25, 0.3) is 11.2 Å². The molecule has 0 aliphatic carbocycles. The lowest BCUT2D eigenvalue weighted by atomic mass is 9.78. The van der Waals surface area contributed by atoms with Gasteiger partial charge in [0.2, 0.25) is 11.9 Å². The molecule has 3 aromatic rings. The van der Waals surface area contributed by atoms with Crippen molar-refractivity contribution in [1.29, 1.82) is 0 Å². The van der Waals surface area contributed by atoms with Gasteiger partial charge in [0.1, 0.15) is 5.52 Å². The maximum absolute atomic E-state index is 13.4. The highest BCUT2D eigenvalue weighted by Gasteiger charge is 2.48. The van der Waals surface area contributed by atoms with Crippen molar-refractivity contribution in [2.24, 2.45) is 5.41 Å². The third-order valence-corrected chi connectivity index (χ3v) is 6.27. The van der Waals surface area contributed by atoms with Gasteiger partial charge in [0, 0.05) is 26.2 Å². The Balaban J connectivity index is 1.34. The molecular weight excluding hydrogens is 366 g/mol. The summed E-state index contributed by atoms with van der Waals surface area (Å²) < 4.78 is 0. The van der Waals surface area contributed by atoms with Gasteiger partial charge >= 0.3 is 0 Å². The molecule has 150 valence electrons. The quantitative estimate of drug-likeness (QED) is 0.705. The first kappa shape index (κ1) is 17.9. The van der Waals surface area contributed by atoms with E-state index in [2.05, 4.69) is 41.9 Å². The molecule has 0 radical (unpaired) electrons. The Hall–Kier alpha value is -3.16. The molecule has 2 fully saturated rings. The van der Waals surface area contributed by atoms with Crippen molar-refractivity contribution in [3.8, 4) is 0 Å². The molecule has 0 saturated carbocycles. The number of fused-ring (bicyclic) bond motifs is 1. The van der Waals surface area contributed by atoms with Crippen LogP contribution in [-0.2, 0) is 11.2 Å². The summed E-state index contributed by atoms with van der Waals surface area (Å²) in [4.78, 5) is 33.6. The molecular formula is C21H25N7O. The van der Waals surface area contributed by atoms with Crippen molar-refractivity contribution in [3.05, 3.63) is 42.2 Å². The molecule has 4 heterocycles. The Morgan fingerprint density at radius 1 is 1.14 bits per heavy atom. The number of H-pyrrole nitrogens is 1. The topological polar surface area (TPSA) is 104 Å². The number of nitrogens with two attached hydrogens (primary N) is 1. The summed E-state index contributed by atoms with van der Waals surface area (Å²) in [7, 11) is 0. The molecule has 1 aromatic carbocycles. The van der Waals surface area contributed by atoms with Crippen LogP contribution in [0.15, 0.2) is 36.7 Å². The number of nitrogens with one attached hydrogen (secondary N) is 1. The Labute approximate surface area is 169 Å². The molecule has 5 rings (SSSR count). The van der Waals surface area contributed by atoms with Crippen molar-refractivity contribution in [2.75, 3.05) is 36.8 Å². The molecule has 3 N–H and O–H groups in total. The highest BCUT2D eigenvalue weighted by Crippen LogP contribution is 2.42. The zero-order valence-electron chi connectivity index (χ0n) is 16.3. The summed E-state index contributed by atoms with van der Waals surface area (Å²) in [6, 6.07) is 10.4. The number of likely N-dealkylation sites (tertiary alicyclic amines) is 1. The van der Waals surface area contributed by atoms with Gasteiger partial charge < -0.3 is 20.5 Å². The highest BCUT2D eigenvalue weighted by molar-refractivity contribution is 5.88. The smallest absolute Gasteiger partial charge is 0.230 e. The van der Waals surface area contributed by atoms with Gasteiger partial charge in [-0.15, -0.1) is 0 Å². The molecule has 1 atom stereocenters. The largest absolute Gasteiger partial charge is 0.368 e. The van der Waals surface area contributed by atoms with Gasteiger partial charge in [-0.2, -0.15) is 9.97 Å². The first-order valence-electron chi connectivity index (χ1n) is 10.2. The molecule has 0 unspecified atom stereocenters. The van der Waals surface area contributed by atoms with E-state index in [0.717, 1.165) is 56.7 Å². The van der Waals surface area contributed by atoms with E-state index in [-0.39, 0.29) is 17.3 Å². The lowest BCUT2D eigenvalue weighted by Gasteiger charge is -2.39. The molecule has 8 heteroatoms. The number of aromatic nitrogens is 4. The minimum atomic E-state index is -0.332. The van der Waals surface area contributed by atoms with Crippen LogP contribution in [0, 0.1) is 5.41 Å². The molecule has 1 amide bonds. The van der Waals surface area contributed by atoms with Crippen molar-refractivity contribution in [2.45, 2.75) is 25.7 Å². The van der Waals surface area contributed by atoms with Crippen LogP contribution in [0.5, 0.6) is 0 Å². The van der Waals surface area contributed by atoms with Crippen LogP contribution < -0.4 is 10.6 Å². The number of benzene rings is 1. The molecule has 2 aliphatic heterocycles. The number of hydrogen-bond donors (Lipinski definition) is 2. The predicted molar refractivity (Wildman–Crippen MR) is 111 cm³/mol. The Kier molecular flexibility index (Phi) is 4.34. The number of nitrogens with zero attached hydrogens (tertiary/aromatic N) is 5. The fourth-order valence-corrected chi connectivity index (χ4v) is 4.77. The van der Waals surface area contributed by atoms with E-state index in [0.29, 0.717) is 12.2 Å². The standard InChI is InChI=1S/C21H25N7O/c22-20-25-17-16(23-14-24-17)18(26-20)28-12-9-21(13-28)8-4-10-27(19(21)29)11-7-15-5-2-1-3-6-15/h1-3,5-6,14H,4,7-13H2,(H3,22,23,24,25,26)/t21-/m0/s1. The number of rotatable bonds is 4. The second-order valence-electron chi connectivity index (χ2n) is 8.09. The monoisotopic (exact) mass is 391 g/mol. The summed E-state index contributed by atoms with van der Waals surface area (Å²) in [5.41, 5.74) is 8.17. The molecule has 0 bridgehead atoms. The number of carbonyl (C=O) groups is 1. The number of imidazole rings is 1. The van der Waals surface area contributed by atoms with E-state index < -0.39 is 0 Å². The fourth-order valence-electron chi connectivity index (χ4n) is 4.77. The maximum atomic E-state index is 13.4. The predicted octanol–water partition coefficient (Wildman–Crippen LogP) is 2.00. The van der Waals surface area contributed by atoms with Crippen LogP contribution in [0.2, 0.25) is 0 Å². The van der Waals surface area contributed by atoms with E-state index in [1.807, 2.05) is 18.2 Å². The molecule has 8 nitrogen and oxygen atoms in total. The van der Waals surface area contributed by atoms with Gasteiger partial charge in [0.05, 0.1) is 11.7 Å². The second kappa shape index (κ2) is 7.02. The van der Waals surface area contributed by atoms with Crippen LogP contribution in [0.4, 0.5) is 11.8 Å². The number of carbonyl (C=O) groups excluding carboxylic acids is 1. The fraction of sp³-hybridized carbons (Fsp3) is 0.429. The first-order valence-corrected chi connectivity index (χ1v) is 10.2. The van der Waals surface area contributed by atoms with E-state index in [4.69, 9.17) is 5.73 Å². The van der Waals surface area contributed by atoms with Crippen molar-refractivity contribution in [3.63, 3.8) is 0 Å². The third-order valence-electron chi connectivity index (χ3n) is 6.27. The first-order chi connectivity index (χ1) is 14.1. The zero-order valence-corrected chi connectivity index (χ0v) is 16.3. The lowest BCUT2D eigenvalue weighted by Crippen LogP contribution is -2.50. The Morgan fingerprint density at radius 2 is 2.00 bits per heavy atom. The maximum Gasteiger partial charge on any atom is 0.230 e. The van der Waals surface area contributed by atoms with Crippen LogP contribution in [0.1, 0.15) is 24.8 Å². The van der Waals surface area contributed by atoms with Crippen molar-refractivity contribution < 1.29 is 4.79 Å². The molecule has 29 heavy (non-hydrogen) atoms. The lowest BCUT2D eigenvalue weighted by molar-refractivity contribution is -0.144. The van der Waals surface area contributed by atoms with E-state index in [9.17, 15) is 4.79 Å². The van der Waals surface area contributed by atoms with Gasteiger partial charge in [0.25, 0.3) is 0 Å². The second-order valence-corrected chi connectivity index (χ2v) is 8.09. The van der Waals surface area contributed by atoms with Crippen LogP contribution >= 0.6 is 0 Å². The van der Waals surface area contributed by atoms with Crippen molar-refractivity contribution >= 4 is 28.8 Å². The third kappa shape index (κ3) is 3.18. The zero-order chi connectivity index (χ0) is 19.8. The van der Waals surface area contributed by atoms with Gasteiger partial charge in [0.15, 0.2) is 11.5 Å². The van der Waals surface area contributed by atoms with Crippen LogP contribution in [-0.4, -0.2) is 56.9 Å². The average molecular weight is 391 g/mol. The van der Waals surface area contributed by atoms with E-state index >= 15 is 0 Å². The van der Waals surface area contributed by atoms with Crippen LogP contribution in [0.3, 0.4) is 0 Å². The average Bonchev–Trinajstić information content (AvgIpc) is 3.37. The Morgan fingerprint density at radius 3 is 2.86 bits per heavy atom. The Bertz CT molecular complexity index is 1030. The summed E-state index contributed by atoms with van der Waals surface area (Å²) in [6.07, 6.45) is 5.30. The molecule has 2 aromatic heterocycles. The SMILES string of the molecule is Nc1nc(N2CC[C@@]3(CCCN(CCc4ccccc4)C3=O)C2)c2[nH]cnc2n1. The minimum Gasteiger partial charge on any atom is -0.368 e. The van der Waals surface area contributed by atoms with Gasteiger partial charge in [-0.05, 0) is 31.2 Å². The van der Waals surface area contributed by atoms with Crippen molar-refractivity contribution in [1.82, 2.24) is 24.8 Å². The number of aromatic amines is 1. The number of anilines is 2. The number of amides is 1. The molecule has 2 saturated heterocycles. The summed E-state index contributed by atoms with van der Waals surface area (Å²) in [5, 5.41) is 0. The van der Waals surface area contributed by atoms with Gasteiger partial charge in [-0.1, -0.05) is 30.3 Å². The van der Waals surface area contributed by atoms with E-state index in [1.165, 1.54) is 5.56 Å². The number of nitrogen functional groups attached to an aromatic ring is 1. The van der Waals surface area contributed by atoms with E-state index in [1.54, 1.807) is 6.33 Å². The number of piperidine rings is 1. The summed E-state index contributed by atoms with van der Waals surface area (Å²) >= 11 is 0.